The molecular formula is C53H84O22. The predicted octanol–water partition coefficient (Wildman–Crippen LogP) is -0.276. The predicted molar refractivity (Wildman–Crippen MR) is 256 cm³/mol. The van der Waals surface area contributed by atoms with Crippen molar-refractivity contribution in [2.45, 2.75) is 242 Å². The van der Waals surface area contributed by atoms with E-state index < -0.39 is 159 Å². The normalized spacial score (nSPS) is 53.5. The lowest BCUT2D eigenvalue weighted by atomic mass is 9.33. The molecular weight excluding hydrogens is 989 g/mol. The van der Waals surface area contributed by atoms with Crippen molar-refractivity contribution < 1.29 is 109 Å². The number of hydrogen-bond donors (Lipinski definition) is 12. The van der Waals surface area contributed by atoms with Gasteiger partial charge in [-0.05, 0) is 116 Å². The molecule has 9 rings (SSSR count). The molecule has 27 atom stereocenters. The molecule has 0 radical (unpaired) electrons. The van der Waals surface area contributed by atoms with Gasteiger partial charge in [0.2, 0.25) is 6.29 Å². The maximum absolute atomic E-state index is 14.8. The molecule has 4 aliphatic heterocycles. The Labute approximate surface area is 437 Å². The van der Waals surface area contributed by atoms with Gasteiger partial charge in [0.05, 0.1) is 30.8 Å². The van der Waals surface area contributed by atoms with E-state index in [0.29, 0.717) is 32.1 Å². The molecule has 0 amide bonds. The second-order valence-electron chi connectivity index (χ2n) is 25.8. The summed E-state index contributed by atoms with van der Waals surface area (Å²) < 4.78 is 47.9. The van der Waals surface area contributed by atoms with Crippen molar-refractivity contribution in [2.24, 2.45) is 50.2 Å². The number of aliphatic hydroxyl groups excluding tert-OH is 11. The van der Waals surface area contributed by atoms with Crippen LogP contribution < -0.4 is 0 Å². The summed E-state index contributed by atoms with van der Waals surface area (Å²) in [5.74, 6) is -2.09. The van der Waals surface area contributed by atoms with Gasteiger partial charge in [-0.3, -0.25) is 4.79 Å². The summed E-state index contributed by atoms with van der Waals surface area (Å²) >= 11 is 0. The highest BCUT2D eigenvalue weighted by molar-refractivity contribution is 5.79. The van der Waals surface area contributed by atoms with Crippen molar-refractivity contribution in [1.29, 1.82) is 0 Å². The van der Waals surface area contributed by atoms with Crippen molar-refractivity contribution in [2.75, 3.05) is 13.2 Å². The van der Waals surface area contributed by atoms with Gasteiger partial charge in [0.1, 0.15) is 79.4 Å². The van der Waals surface area contributed by atoms with Crippen molar-refractivity contribution in [1.82, 2.24) is 0 Å². The van der Waals surface area contributed by atoms with Crippen molar-refractivity contribution >= 4 is 11.9 Å². The summed E-state index contributed by atoms with van der Waals surface area (Å²) in [7, 11) is 0. The maximum atomic E-state index is 14.8. The zero-order valence-electron chi connectivity index (χ0n) is 44.3. The van der Waals surface area contributed by atoms with E-state index in [9.17, 15) is 70.9 Å². The van der Waals surface area contributed by atoms with E-state index in [2.05, 4.69) is 54.5 Å². The number of hydrogen-bond acceptors (Lipinski definition) is 21. The molecule has 4 saturated heterocycles. The third kappa shape index (κ3) is 9.36. The average molecular weight is 1070 g/mol. The molecule has 428 valence electrons. The van der Waals surface area contributed by atoms with Gasteiger partial charge >= 0.3 is 11.9 Å². The number of ether oxygens (including phenoxy) is 8. The highest BCUT2D eigenvalue weighted by atomic mass is 16.8. The Hall–Kier alpha value is -2.04. The van der Waals surface area contributed by atoms with Gasteiger partial charge in [0.15, 0.2) is 25.0 Å². The number of aliphatic hydroxyl groups is 11. The first kappa shape index (κ1) is 57.6. The summed E-state index contributed by atoms with van der Waals surface area (Å²) in [6, 6.07) is 0. The molecule has 9 aliphatic rings. The number of allylic oxidation sites excluding steroid dienone is 2. The minimum atomic E-state index is -1.97. The lowest BCUT2D eigenvalue weighted by Crippen LogP contribution is -2.68. The van der Waals surface area contributed by atoms with Gasteiger partial charge in [-0.2, -0.15) is 0 Å². The molecule has 22 heteroatoms. The molecule has 5 aliphatic carbocycles. The zero-order valence-corrected chi connectivity index (χ0v) is 44.3. The first-order valence-electron chi connectivity index (χ1n) is 27.1. The molecule has 22 nitrogen and oxygen atoms in total. The first-order valence-corrected chi connectivity index (χ1v) is 27.1. The highest BCUT2D eigenvalue weighted by Crippen LogP contribution is 2.76. The third-order valence-electron chi connectivity index (χ3n) is 21.0. The number of fused-ring (bicyclic) bond motifs is 7. The fourth-order valence-electron chi connectivity index (χ4n) is 16.1. The Morgan fingerprint density at radius 3 is 1.96 bits per heavy atom. The van der Waals surface area contributed by atoms with Crippen LogP contribution in [0.3, 0.4) is 0 Å². The van der Waals surface area contributed by atoms with Crippen LogP contribution in [-0.2, 0) is 47.5 Å². The van der Waals surface area contributed by atoms with Gasteiger partial charge < -0.3 is 99.2 Å². The van der Waals surface area contributed by atoms with Crippen molar-refractivity contribution in [3.05, 3.63) is 11.6 Å². The molecule has 0 bridgehead atoms. The fourth-order valence-corrected chi connectivity index (χ4v) is 16.1. The van der Waals surface area contributed by atoms with Crippen LogP contribution in [0.15, 0.2) is 11.6 Å². The van der Waals surface area contributed by atoms with Crippen LogP contribution >= 0.6 is 0 Å². The van der Waals surface area contributed by atoms with Crippen LogP contribution in [0.1, 0.15) is 120 Å². The highest BCUT2D eigenvalue weighted by Gasteiger charge is 2.70. The van der Waals surface area contributed by atoms with E-state index >= 15 is 0 Å². The van der Waals surface area contributed by atoms with Gasteiger partial charge in [-0.1, -0.05) is 60.1 Å². The monoisotopic (exact) mass is 1070 g/mol. The molecule has 8 fully saturated rings. The Kier molecular flexibility index (Phi) is 15.8. The van der Waals surface area contributed by atoms with E-state index in [-0.39, 0.29) is 39.4 Å². The Bertz CT molecular complexity index is 2120. The first-order chi connectivity index (χ1) is 35.0. The van der Waals surface area contributed by atoms with Gasteiger partial charge in [-0.15, -0.1) is 0 Å². The van der Waals surface area contributed by atoms with E-state index in [1.165, 1.54) is 12.5 Å². The van der Waals surface area contributed by atoms with Crippen molar-refractivity contribution in [3.63, 3.8) is 0 Å². The Morgan fingerprint density at radius 2 is 1.28 bits per heavy atom. The lowest BCUT2D eigenvalue weighted by Gasteiger charge is -2.71. The second kappa shape index (κ2) is 20.5. The maximum Gasteiger partial charge on any atom is 0.335 e. The minimum absolute atomic E-state index is 0.0401. The Balaban J connectivity index is 0.977. The average Bonchev–Trinajstić information content (AvgIpc) is 3.35. The summed E-state index contributed by atoms with van der Waals surface area (Å²) in [6.07, 6.45) is -23.1. The van der Waals surface area contributed by atoms with E-state index in [4.69, 9.17) is 37.9 Å². The molecule has 12 N–H and O–H groups in total. The Morgan fingerprint density at radius 1 is 0.640 bits per heavy atom. The number of carbonyl (C=O) groups excluding carboxylic acids is 1. The number of carboxylic acids is 1. The zero-order chi connectivity index (χ0) is 54.9. The molecule has 0 aromatic carbocycles. The van der Waals surface area contributed by atoms with Gasteiger partial charge in [0.25, 0.3) is 0 Å². The number of carboxylic acid groups (broad SMARTS) is 1. The van der Waals surface area contributed by atoms with E-state index in [1.807, 2.05) is 0 Å². The van der Waals surface area contributed by atoms with Gasteiger partial charge in [0, 0.05) is 0 Å². The van der Waals surface area contributed by atoms with Crippen LogP contribution in [0.5, 0.6) is 0 Å². The van der Waals surface area contributed by atoms with Crippen LogP contribution in [0.2, 0.25) is 0 Å². The topological polar surface area (TPSA) is 351 Å². The molecule has 75 heavy (non-hydrogen) atoms. The van der Waals surface area contributed by atoms with Crippen LogP contribution in [0.4, 0.5) is 0 Å². The fraction of sp³-hybridized carbons (Fsp3) is 0.925. The van der Waals surface area contributed by atoms with Crippen LogP contribution in [-0.4, -0.2) is 209 Å². The molecule has 4 saturated carbocycles. The second-order valence-corrected chi connectivity index (χ2v) is 25.8. The molecule has 0 spiro atoms. The van der Waals surface area contributed by atoms with E-state index in [0.717, 1.165) is 32.1 Å². The molecule has 27 unspecified atom stereocenters. The minimum Gasteiger partial charge on any atom is -0.479 e. The third-order valence-corrected chi connectivity index (χ3v) is 21.0. The summed E-state index contributed by atoms with van der Waals surface area (Å²) in [5.41, 5.74) is -1.27. The number of esters is 1. The number of rotatable bonds is 10. The smallest absolute Gasteiger partial charge is 0.335 e. The van der Waals surface area contributed by atoms with Crippen molar-refractivity contribution in [3.8, 4) is 0 Å². The largest absolute Gasteiger partial charge is 0.479 e. The van der Waals surface area contributed by atoms with E-state index in [1.54, 1.807) is 0 Å². The molecule has 0 aromatic heterocycles. The quantitative estimate of drug-likeness (QED) is 0.0761. The number of carbonyl (C=O) groups is 2. The molecule has 4 heterocycles. The summed E-state index contributed by atoms with van der Waals surface area (Å²) in [4.78, 5) is 27.8. The van der Waals surface area contributed by atoms with Crippen LogP contribution in [0.25, 0.3) is 0 Å². The lowest BCUT2D eigenvalue weighted by molar-refractivity contribution is -0.385. The standard InChI is InChI=1S/C53H84O22/c1-22-30(56)33(59)36(62)44(69-22)72-39-38(64)40(73-43-35(61)31(57)25(55)21-68-43)46(74-41(39)42(65)66)71-29-12-13-50(6)27(49(29,4)5)11-14-52(8)28(50)10-9-23-24-19-48(2,3)15-17-53(24,18-16-51(23,52)7)47(67)75-45-37(63)34(60)32(58)26(20-54)70-45/h9,22,24-41,43-46,54-64H,10-21H2,1-8H3,(H,65,66). The SMILES string of the molecule is CC1OC(OC2C(C(=O)O)OC(OC3CCC4(C)C(CCC5(C)C4CC=C4C6CC(C)(C)CCC6(C(=O)OC6OC(CO)C(O)C(O)C6O)CCC45C)C3(C)C)C(OC3OCC(O)C(O)C3O)C2O)C(O)C(O)C1O. The van der Waals surface area contributed by atoms with Gasteiger partial charge in [-0.25, -0.2) is 4.79 Å². The molecule has 0 aromatic rings. The van der Waals surface area contributed by atoms with Crippen LogP contribution in [0, 0.1) is 50.2 Å². The summed E-state index contributed by atoms with van der Waals surface area (Å²) in [5, 5.41) is 128. The summed E-state index contributed by atoms with van der Waals surface area (Å²) in [6.45, 7) is 16.0. The number of aliphatic carboxylic acids is 1.